The number of halogens is 2. The van der Waals surface area contributed by atoms with Crippen LogP contribution in [-0.4, -0.2) is 43.7 Å². The minimum Gasteiger partial charge on any atom is -0.355 e. The SMILES string of the molecule is Clc1ccc(-c2cccc3ncnc(N4CCCC(c5nnn[nH]5)C4)c23)cc1Cl. The van der Waals surface area contributed by atoms with Crippen LogP contribution in [0.1, 0.15) is 24.6 Å². The van der Waals surface area contributed by atoms with Crippen LogP contribution in [0.4, 0.5) is 5.82 Å². The van der Waals surface area contributed by atoms with Gasteiger partial charge < -0.3 is 4.90 Å². The van der Waals surface area contributed by atoms with E-state index in [-0.39, 0.29) is 5.92 Å². The summed E-state index contributed by atoms with van der Waals surface area (Å²) in [5.41, 5.74) is 2.90. The van der Waals surface area contributed by atoms with Crippen LogP contribution in [0.25, 0.3) is 22.0 Å². The lowest BCUT2D eigenvalue weighted by Crippen LogP contribution is -2.35. The maximum absolute atomic E-state index is 6.28. The first kappa shape index (κ1) is 18.3. The van der Waals surface area contributed by atoms with E-state index in [9.17, 15) is 0 Å². The van der Waals surface area contributed by atoms with Crippen molar-refractivity contribution in [2.45, 2.75) is 18.8 Å². The lowest BCUT2D eigenvalue weighted by molar-refractivity contribution is 0.490. The summed E-state index contributed by atoms with van der Waals surface area (Å²) in [5, 5.41) is 16.5. The van der Waals surface area contributed by atoms with Crippen LogP contribution in [0.5, 0.6) is 0 Å². The van der Waals surface area contributed by atoms with Gasteiger partial charge in [0.1, 0.15) is 12.1 Å². The molecule has 1 N–H and O–H groups in total. The number of tetrazole rings is 1. The maximum Gasteiger partial charge on any atom is 0.153 e. The molecule has 5 rings (SSSR count). The smallest absolute Gasteiger partial charge is 0.153 e. The molecule has 4 aromatic rings. The molecule has 9 heteroatoms. The van der Waals surface area contributed by atoms with Crippen LogP contribution in [0.2, 0.25) is 10.0 Å². The fourth-order valence-electron chi connectivity index (χ4n) is 3.97. The summed E-state index contributed by atoms with van der Waals surface area (Å²) >= 11 is 12.4. The second-order valence-electron chi connectivity index (χ2n) is 7.10. The minimum atomic E-state index is 0.237. The Morgan fingerprint density at radius 3 is 2.83 bits per heavy atom. The molecule has 1 aliphatic heterocycles. The van der Waals surface area contributed by atoms with Crippen LogP contribution in [0.15, 0.2) is 42.7 Å². The van der Waals surface area contributed by atoms with Gasteiger partial charge >= 0.3 is 0 Å². The highest BCUT2D eigenvalue weighted by Gasteiger charge is 2.26. The lowest BCUT2D eigenvalue weighted by Gasteiger charge is -2.33. The molecule has 0 spiro atoms. The summed E-state index contributed by atoms with van der Waals surface area (Å²) in [7, 11) is 0. The molecule has 0 bridgehead atoms. The van der Waals surface area contributed by atoms with Crippen LogP contribution in [0, 0.1) is 0 Å². The molecule has 0 amide bonds. The molecule has 1 atom stereocenters. The van der Waals surface area contributed by atoms with Gasteiger partial charge in [0.05, 0.1) is 20.9 Å². The van der Waals surface area contributed by atoms with Crippen LogP contribution >= 0.6 is 23.2 Å². The Balaban J connectivity index is 1.62. The second-order valence-corrected chi connectivity index (χ2v) is 7.91. The average Bonchev–Trinajstić information content (AvgIpc) is 3.30. The van der Waals surface area contributed by atoms with Gasteiger partial charge in [-0.15, -0.1) is 5.10 Å². The Kier molecular flexibility index (Phi) is 4.77. The van der Waals surface area contributed by atoms with Gasteiger partial charge in [-0.1, -0.05) is 41.4 Å². The summed E-state index contributed by atoms with van der Waals surface area (Å²) in [6.45, 7) is 1.71. The molecule has 0 radical (unpaired) electrons. The molecular formula is C20H17Cl2N7. The zero-order valence-corrected chi connectivity index (χ0v) is 16.9. The van der Waals surface area contributed by atoms with E-state index in [1.54, 1.807) is 6.33 Å². The molecule has 0 aliphatic carbocycles. The Morgan fingerprint density at radius 1 is 1.07 bits per heavy atom. The third kappa shape index (κ3) is 3.41. The first-order chi connectivity index (χ1) is 14.2. The highest BCUT2D eigenvalue weighted by Crippen LogP contribution is 2.37. The van der Waals surface area contributed by atoms with Crippen molar-refractivity contribution in [3.63, 3.8) is 0 Å². The van der Waals surface area contributed by atoms with Gasteiger partial charge in [0.2, 0.25) is 0 Å². The molecule has 29 heavy (non-hydrogen) atoms. The predicted octanol–water partition coefficient (Wildman–Crippen LogP) is 4.50. The molecule has 0 saturated carbocycles. The third-order valence-corrected chi connectivity index (χ3v) is 6.08. The van der Waals surface area contributed by atoms with Gasteiger partial charge in [-0.2, -0.15) is 0 Å². The molecule has 1 saturated heterocycles. The Hall–Kier alpha value is -2.77. The first-order valence-electron chi connectivity index (χ1n) is 9.38. The molecule has 1 fully saturated rings. The van der Waals surface area contributed by atoms with E-state index in [0.29, 0.717) is 10.0 Å². The number of nitrogens with zero attached hydrogens (tertiary/aromatic N) is 6. The van der Waals surface area contributed by atoms with Gasteiger partial charge in [-0.3, -0.25) is 0 Å². The zero-order valence-electron chi connectivity index (χ0n) is 15.4. The quantitative estimate of drug-likeness (QED) is 0.519. The highest BCUT2D eigenvalue weighted by atomic mass is 35.5. The molecule has 2 aromatic heterocycles. The van der Waals surface area contributed by atoms with Crippen LogP contribution in [-0.2, 0) is 0 Å². The Labute approximate surface area is 177 Å². The van der Waals surface area contributed by atoms with Crippen LogP contribution < -0.4 is 4.90 Å². The van der Waals surface area contributed by atoms with Crippen molar-refractivity contribution in [1.29, 1.82) is 0 Å². The number of hydrogen-bond donors (Lipinski definition) is 1. The van der Waals surface area contributed by atoms with Crippen molar-refractivity contribution < 1.29 is 0 Å². The van der Waals surface area contributed by atoms with Gasteiger partial charge in [0.25, 0.3) is 0 Å². The largest absolute Gasteiger partial charge is 0.355 e. The second kappa shape index (κ2) is 7.57. The van der Waals surface area contributed by atoms with E-state index in [4.69, 9.17) is 23.2 Å². The zero-order chi connectivity index (χ0) is 19.8. The minimum absolute atomic E-state index is 0.237. The molecule has 1 unspecified atom stereocenters. The van der Waals surface area contributed by atoms with Crippen molar-refractivity contribution in [1.82, 2.24) is 30.6 Å². The van der Waals surface area contributed by atoms with Crippen molar-refractivity contribution >= 4 is 39.9 Å². The highest BCUT2D eigenvalue weighted by molar-refractivity contribution is 6.42. The van der Waals surface area contributed by atoms with Crippen molar-refractivity contribution in [3.05, 3.63) is 58.6 Å². The van der Waals surface area contributed by atoms with Gasteiger partial charge in [-0.25, -0.2) is 15.1 Å². The number of aromatic nitrogens is 6. The molecule has 1 aliphatic rings. The van der Waals surface area contributed by atoms with E-state index in [1.165, 1.54) is 0 Å². The Morgan fingerprint density at radius 2 is 2.00 bits per heavy atom. The molecular weight excluding hydrogens is 409 g/mol. The van der Waals surface area contributed by atoms with E-state index >= 15 is 0 Å². The predicted molar refractivity (Wildman–Crippen MR) is 113 cm³/mol. The molecule has 7 nitrogen and oxygen atoms in total. The number of aromatic amines is 1. The topological polar surface area (TPSA) is 83.5 Å². The number of benzene rings is 2. The van der Waals surface area contributed by atoms with E-state index in [2.05, 4.69) is 41.6 Å². The van der Waals surface area contributed by atoms with E-state index < -0.39 is 0 Å². The first-order valence-corrected chi connectivity index (χ1v) is 10.1. The number of fused-ring (bicyclic) bond motifs is 1. The van der Waals surface area contributed by atoms with Crippen molar-refractivity contribution in [3.8, 4) is 11.1 Å². The van der Waals surface area contributed by atoms with Crippen LogP contribution in [0.3, 0.4) is 0 Å². The number of H-pyrrole nitrogens is 1. The normalized spacial score (nSPS) is 17.0. The number of anilines is 1. The van der Waals surface area contributed by atoms with Crippen molar-refractivity contribution in [2.75, 3.05) is 18.0 Å². The number of nitrogens with one attached hydrogen (secondary N) is 1. The maximum atomic E-state index is 6.28. The van der Waals surface area contributed by atoms with Gasteiger partial charge in [-0.05, 0) is 52.6 Å². The summed E-state index contributed by atoms with van der Waals surface area (Å²) in [6.07, 6.45) is 3.69. The summed E-state index contributed by atoms with van der Waals surface area (Å²) in [4.78, 5) is 11.5. The fourth-order valence-corrected chi connectivity index (χ4v) is 4.27. The van der Waals surface area contributed by atoms with Crippen molar-refractivity contribution in [2.24, 2.45) is 0 Å². The third-order valence-electron chi connectivity index (χ3n) is 5.34. The molecule has 2 aromatic carbocycles. The van der Waals surface area contributed by atoms with E-state index in [0.717, 1.165) is 59.6 Å². The number of hydrogen-bond acceptors (Lipinski definition) is 6. The summed E-state index contributed by atoms with van der Waals surface area (Å²) in [5.74, 6) is 1.97. The standard InChI is InChI=1S/C20H17Cl2N7/c21-15-7-6-12(9-16(15)22)14-4-1-5-17-18(14)20(24-11-23-17)29-8-2-3-13(10-29)19-25-27-28-26-19/h1,4-7,9,11,13H,2-3,8,10H2,(H,25,26,27,28). The average molecular weight is 426 g/mol. The van der Waals surface area contributed by atoms with Gasteiger partial charge in [0.15, 0.2) is 5.82 Å². The lowest BCUT2D eigenvalue weighted by atomic mass is 9.96. The summed E-state index contributed by atoms with van der Waals surface area (Å²) in [6, 6.07) is 11.7. The Bertz CT molecular complexity index is 1160. The summed E-state index contributed by atoms with van der Waals surface area (Å²) < 4.78 is 0. The van der Waals surface area contributed by atoms with E-state index in [1.807, 2.05) is 30.3 Å². The monoisotopic (exact) mass is 425 g/mol. The molecule has 146 valence electrons. The molecule has 3 heterocycles. The fraction of sp³-hybridized carbons (Fsp3) is 0.250. The number of piperidine rings is 1. The number of rotatable bonds is 3. The van der Waals surface area contributed by atoms with Gasteiger partial charge in [0, 0.05) is 19.0 Å².